The Hall–Kier alpha value is -6.84. The molecule has 10 aromatic rings. The Bertz CT molecular complexity index is 3200. The van der Waals surface area contributed by atoms with Crippen molar-refractivity contribution >= 4 is 43.6 Å². The molecule has 1 aliphatic carbocycles. The van der Waals surface area contributed by atoms with Gasteiger partial charge in [0.2, 0.25) is 17.1 Å². The van der Waals surface area contributed by atoms with Crippen LogP contribution < -0.4 is 4.57 Å². The summed E-state index contributed by atoms with van der Waals surface area (Å²) in [6, 6.07) is 64.9. The molecule has 0 saturated carbocycles. The third-order valence-corrected chi connectivity index (χ3v) is 12.5. The van der Waals surface area contributed by atoms with Gasteiger partial charge in [-0.1, -0.05) is 129 Å². The van der Waals surface area contributed by atoms with Crippen molar-refractivity contribution in [1.82, 2.24) is 9.55 Å². The molecular formula is C52H36N3+. The Kier molecular flexibility index (Phi) is 6.17. The Morgan fingerprint density at radius 2 is 1.18 bits per heavy atom. The molecule has 1 unspecified atom stereocenters. The standard InChI is InChI=1S/C52H36N3/c1-52(2)42-21-9-5-16-36(42)37-29-28-34(31-43(37)52)48-38-17-6-10-23-45(38)54(46-24-11-7-18-39(46)48)49-40-19-8-12-25-47(40)55-50-41(49)20-13-22-44(50)53-51(55)35-27-26-32-14-3-4-15-33(32)30-35/h3-31,49H,1-2H3/q+1. The van der Waals surface area contributed by atoms with Crippen LogP contribution >= 0.6 is 0 Å². The molecule has 0 radical (unpaired) electrons. The molecule has 2 aromatic heterocycles. The first-order valence-corrected chi connectivity index (χ1v) is 19.3. The Labute approximate surface area is 319 Å². The van der Waals surface area contributed by atoms with Gasteiger partial charge in [-0.05, 0) is 87.1 Å². The van der Waals surface area contributed by atoms with Gasteiger partial charge in [0.1, 0.15) is 5.82 Å². The lowest BCUT2D eigenvalue weighted by Crippen LogP contribution is -2.44. The van der Waals surface area contributed by atoms with Gasteiger partial charge < -0.3 is 0 Å². The van der Waals surface area contributed by atoms with Crippen LogP contribution in [0.2, 0.25) is 0 Å². The SMILES string of the molecule is CC1(C)c2ccccc2-c2ccc(-c3c4ccccc4[n+](C4c5ccccc5-n5c(-c6ccc7ccccc7c6)nc6cccc4c65)c4ccccc34)cc21. The number of pyridine rings is 1. The zero-order chi connectivity index (χ0) is 36.4. The van der Waals surface area contributed by atoms with Crippen LogP contribution in [-0.4, -0.2) is 9.55 Å². The number of aromatic nitrogens is 3. The van der Waals surface area contributed by atoms with Crippen LogP contribution in [0.15, 0.2) is 176 Å². The number of rotatable bonds is 3. The summed E-state index contributed by atoms with van der Waals surface area (Å²) in [5, 5.41) is 4.94. The van der Waals surface area contributed by atoms with Crippen molar-refractivity contribution in [3.05, 3.63) is 198 Å². The molecule has 1 aliphatic heterocycles. The van der Waals surface area contributed by atoms with Crippen LogP contribution in [0.3, 0.4) is 0 Å². The molecule has 12 rings (SSSR count). The van der Waals surface area contributed by atoms with Gasteiger partial charge in [-0.25, -0.2) is 4.98 Å². The summed E-state index contributed by atoms with van der Waals surface area (Å²) in [6.45, 7) is 4.74. The van der Waals surface area contributed by atoms with Crippen LogP contribution in [0.4, 0.5) is 0 Å². The molecule has 0 spiro atoms. The number of benzene rings is 8. The number of imidazole rings is 1. The highest BCUT2D eigenvalue weighted by atomic mass is 15.1. The molecule has 0 amide bonds. The van der Waals surface area contributed by atoms with Crippen LogP contribution in [0, 0.1) is 0 Å². The van der Waals surface area contributed by atoms with E-state index < -0.39 is 0 Å². The smallest absolute Gasteiger partial charge is 0.214 e. The molecule has 1 atom stereocenters. The molecule has 2 aliphatic rings. The third kappa shape index (κ3) is 4.15. The maximum absolute atomic E-state index is 5.38. The topological polar surface area (TPSA) is 21.7 Å². The van der Waals surface area contributed by atoms with E-state index in [4.69, 9.17) is 4.98 Å². The molecule has 0 saturated heterocycles. The average Bonchev–Trinajstić information content (AvgIpc) is 3.74. The van der Waals surface area contributed by atoms with Crippen molar-refractivity contribution in [2.24, 2.45) is 0 Å². The molecule has 0 fully saturated rings. The number of nitrogens with zero attached hydrogens (tertiary/aromatic N) is 3. The van der Waals surface area contributed by atoms with E-state index in [1.807, 2.05) is 0 Å². The maximum atomic E-state index is 5.38. The first-order chi connectivity index (χ1) is 27.1. The Balaban J connectivity index is 1.13. The molecule has 3 nitrogen and oxygen atoms in total. The fourth-order valence-electron chi connectivity index (χ4n) is 10.0. The van der Waals surface area contributed by atoms with Gasteiger partial charge >= 0.3 is 0 Å². The lowest BCUT2D eigenvalue weighted by atomic mass is 9.81. The molecule has 55 heavy (non-hydrogen) atoms. The van der Waals surface area contributed by atoms with Gasteiger partial charge in [0.15, 0.2) is 0 Å². The van der Waals surface area contributed by atoms with Crippen LogP contribution in [0.5, 0.6) is 0 Å². The lowest BCUT2D eigenvalue weighted by Gasteiger charge is -2.27. The molecule has 258 valence electrons. The van der Waals surface area contributed by atoms with Gasteiger partial charge in [-0.3, -0.25) is 4.57 Å². The van der Waals surface area contributed by atoms with E-state index in [1.165, 1.54) is 88.3 Å². The highest BCUT2D eigenvalue weighted by Gasteiger charge is 2.40. The quantitative estimate of drug-likeness (QED) is 0.133. The van der Waals surface area contributed by atoms with E-state index in [2.05, 4.69) is 199 Å². The monoisotopic (exact) mass is 702 g/mol. The molecule has 3 heteroatoms. The van der Waals surface area contributed by atoms with Gasteiger partial charge in [-0.2, -0.15) is 4.57 Å². The highest BCUT2D eigenvalue weighted by Crippen LogP contribution is 2.51. The van der Waals surface area contributed by atoms with Gasteiger partial charge in [0.05, 0.1) is 33.1 Å². The summed E-state index contributed by atoms with van der Waals surface area (Å²) in [6.07, 6.45) is 0. The number of fused-ring (bicyclic) bond motifs is 8. The van der Waals surface area contributed by atoms with Crippen molar-refractivity contribution in [2.45, 2.75) is 25.3 Å². The molecule has 8 aromatic carbocycles. The highest BCUT2D eigenvalue weighted by molar-refractivity contribution is 6.08. The van der Waals surface area contributed by atoms with Crippen LogP contribution in [0.1, 0.15) is 42.1 Å². The molecular weight excluding hydrogens is 667 g/mol. The van der Waals surface area contributed by atoms with Crippen molar-refractivity contribution in [3.63, 3.8) is 0 Å². The minimum atomic E-state index is -0.0820. The van der Waals surface area contributed by atoms with E-state index in [0.717, 1.165) is 16.9 Å². The predicted molar refractivity (Wildman–Crippen MR) is 226 cm³/mol. The summed E-state index contributed by atoms with van der Waals surface area (Å²) in [7, 11) is 0. The van der Waals surface area contributed by atoms with E-state index >= 15 is 0 Å². The summed E-state index contributed by atoms with van der Waals surface area (Å²) >= 11 is 0. The average molecular weight is 703 g/mol. The Morgan fingerprint density at radius 1 is 0.527 bits per heavy atom. The van der Waals surface area contributed by atoms with E-state index in [0.29, 0.717) is 0 Å². The second-order valence-electron chi connectivity index (χ2n) is 15.7. The molecule has 3 heterocycles. The normalized spacial score (nSPS) is 15.1. The Morgan fingerprint density at radius 3 is 2.02 bits per heavy atom. The zero-order valence-corrected chi connectivity index (χ0v) is 30.7. The summed E-state index contributed by atoms with van der Waals surface area (Å²) in [5.74, 6) is 0.968. The first-order valence-electron chi connectivity index (χ1n) is 19.3. The zero-order valence-electron chi connectivity index (χ0n) is 30.7. The van der Waals surface area contributed by atoms with Crippen molar-refractivity contribution in [1.29, 1.82) is 0 Å². The maximum Gasteiger partial charge on any atom is 0.214 e. The van der Waals surface area contributed by atoms with Crippen LogP contribution in [-0.2, 0) is 5.41 Å². The van der Waals surface area contributed by atoms with Gasteiger partial charge in [0.25, 0.3) is 0 Å². The number of hydrogen-bond acceptors (Lipinski definition) is 1. The minimum absolute atomic E-state index is 0.0779. The predicted octanol–water partition coefficient (Wildman–Crippen LogP) is 12.4. The van der Waals surface area contributed by atoms with Crippen molar-refractivity contribution < 1.29 is 4.57 Å². The van der Waals surface area contributed by atoms with Crippen LogP contribution in [0.25, 0.3) is 82.9 Å². The largest absolute Gasteiger partial charge is 0.291 e. The molecule has 0 N–H and O–H groups in total. The van der Waals surface area contributed by atoms with Crippen molar-refractivity contribution in [2.75, 3.05) is 0 Å². The number of hydrogen-bond donors (Lipinski definition) is 0. The minimum Gasteiger partial charge on any atom is -0.291 e. The second-order valence-corrected chi connectivity index (χ2v) is 15.7. The van der Waals surface area contributed by atoms with E-state index in [1.54, 1.807) is 0 Å². The first kappa shape index (κ1) is 30.6. The lowest BCUT2D eigenvalue weighted by molar-refractivity contribution is -0.653. The van der Waals surface area contributed by atoms with Gasteiger partial charge in [0, 0.05) is 34.2 Å². The fourth-order valence-corrected chi connectivity index (χ4v) is 10.0. The summed E-state index contributed by atoms with van der Waals surface area (Å²) < 4.78 is 5.01. The summed E-state index contributed by atoms with van der Waals surface area (Å²) in [4.78, 5) is 5.38. The van der Waals surface area contributed by atoms with Gasteiger partial charge in [-0.15, -0.1) is 0 Å². The second kappa shape index (κ2) is 11.1. The summed E-state index contributed by atoms with van der Waals surface area (Å²) in [5.41, 5.74) is 17.3. The third-order valence-electron chi connectivity index (χ3n) is 12.5. The number of para-hydroxylation sites is 4. The van der Waals surface area contributed by atoms with Crippen molar-refractivity contribution in [3.8, 4) is 39.3 Å². The molecule has 0 bridgehead atoms. The van der Waals surface area contributed by atoms with E-state index in [9.17, 15) is 0 Å². The van der Waals surface area contributed by atoms with E-state index in [-0.39, 0.29) is 11.5 Å². The fraction of sp³-hybridized carbons (Fsp3) is 0.0769.